The van der Waals surface area contributed by atoms with Crippen LogP contribution < -0.4 is 4.80 Å². The molecule has 1 aromatic heterocycles. The number of fused-ring (bicyclic) bond motifs is 1. The Balaban J connectivity index is 2.01. The lowest BCUT2D eigenvalue weighted by atomic mass is 10.0. The molecule has 138 valence electrons. The number of amides is 1. The Kier molecular flexibility index (Phi) is 5.46. The van der Waals surface area contributed by atoms with Gasteiger partial charge in [-0.3, -0.25) is 19.7 Å². The molecule has 0 spiro atoms. The number of rotatable bonds is 5. The highest BCUT2D eigenvalue weighted by Gasteiger charge is 2.19. The van der Waals surface area contributed by atoms with Crippen molar-refractivity contribution < 1.29 is 19.2 Å². The van der Waals surface area contributed by atoms with Crippen LogP contribution in [0.4, 0.5) is 5.69 Å². The molecule has 0 atom stereocenters. The summed E-state index contributed by atoms with van der Waals surface area (Å²) < 4.78 is 6.88. The third-order valence-corrected chi connectivity index (χ3v) is 5.59. The summed E-state index contributed by atoms with van der Waals surface area (Å²) >= 11 is 1.16. The second-order valence-electron chi connectivity index (χ2n) is 6.32. The van der Waals surface area contributed by atoms with Gasteiger partial charge in [0.25, 0.3) is 5.69 Å². The average Bonchev–Trinajstić information content (AvgIpc) is 3.22. The zero-order valence-corrected chi connectivity index (χ0v) is 15.2. The highest BCUT2D eigenvalue weighted by molar-refractivity contribution is 7.16. The molecule has 1 heterocycles. The van der Waals surface area contributed by atoms with E-state index in [4.69, 9.17) is 4.74 Å². The van der Waals surface area contributed by atoms with E-state index >= 15 is 0 Å². The van der Waals surface area contributed by atoms with Gasteiger partial charge in [0, 0.05) is 18.6 Å². The number of thiazole rings is 1. The Morgan fingerprint density at radius 3 is 2.77 bits per heavy atom. The molecule has 1 aromatic carbocycles. The van der Waals surface area contributed by atoms with E-state index in [0.717, 1.165) is 37.0 Å². The second-order valence-corrected chi connectivity index (χ2v) is 7.33. The first-order valence-electron chi connectivity index (χ1n) is 8.40. The molecule has 2 aromatic rings. The number of nitro benzene ring substituents is 1. The van der Waals surface area contributed by atoms with Gasteiger partial charge in [-0.2, -0.15) is 4.99 Å². The molecule has 1 amide bonds. The van der Waals surface area contributed by atoms with Crippen molar-refractivity contribution in [3.63, 3.8) is 0 Å². The van der Waals surface area contributed by atoms with Crippen molar-refractivity contribution in [2.75, 3.05) is 7.11 Å². The molecule has 1 fully saturated rings. The zero-order chi connectivity index (χ0) is 18.7. The van der Waals surface area contributed by atoms with Crippen LogP contribution in [0.3, 0.4) is 0 Å². The van der Waals surface area contributed by atoms with Crippen molar-refractivity contribution >= 4 is 39.1 Å². The Labute approximate surface area is 153 Å². The van der Waals surface area contributed by atoms with E-state index in [1.807, 2.05) is 0 Å². The molecular formula is C17H19N3O5S. The number of esters is 1. The van der Waals surface area contributed by atoms with Crippen LogP contribution >= 0.6 is 11.3 Å². The summed E-state index contributed by atoms with van der Waals surface area (Å²) in [6.07, 6.45) is 4.77. The number of benzene rings is 1. The maximum absolute atomic E-state index is 12.3. The van der Waals surface area contributed by atoms with Crippen LogP contribution in [0.1, 0.15) is 32.1 Å². The van der Waals surface area contributed by atoms with Gasteiger partial charge in [0.1, 0.15) is 6.54 Å². The van der Waals surface area contributed by atoms with Gasteiger partial charge >= 0.3 is 5.97 Å². The van der Waals surface area contributed by atoms with E-state index in [9.17, 15) is 19.7 Å². The minimum absolute atomic E-state index is 0.0483. The van der Waals surface area contributed by atoms with Gasteiger partial charge in [0.2, 0.25) is 5.91 Å². The number of carbonyl (C=O) groups is 2. The molecule has 0 unspecified atom stereocenters. The molecule has 0 saturated heterocycles. The van der Waals surface area contributed by atoms with E-state index < -0.39 is 10.9 Å². The fourth-order valence-corrected chi connectivity index (χ4v) is 4.30. The first kappa shape index (κ1) is 18.2. The minimum atomic E-state index is -0.480. The summed E-state index contributed by atoms with van der Waals surface area (Å²) in [6.45, 7) is -0.107. The van der Waals surface area contributed by atoms with Crippen molar-refractivity contribution in [1.29, 1.82) is 0 Å². The molecule has 8 nitrogen and oxygen atoms in total. The summed E-state index contributed by atoms with van der Waals surface area (Å²) in [7, 11) is 1.28. The summed E-state index contributed by atoms with van der Waals surface area (Å²) in [4.78, 5) is 39.1. The Bertz CT molecular complexity index is 924. The number of ether oxygens (including phenoxy) is 1. The zero-order valence-electron chi connectivity index (χ0n) is 14.3. The Morgan fingerprint density at radius 2 is 2.12 bits per heavy atom. The van der Waals surface area contributed by atoms with Gasteiger partial charge in [-0.1, -0.05) is 24.2 Å². The summed E-state index contributed by atoms with van der Waals surface area (Å²) in [5.74, 6) is -0.333. The maximum Gasteiger partial charge on any atom is 0.325 e. The lowest BCUT2D eigenvalue weighted by molar-refractivity contribution is -0.384. The molecule has 0 bridgehead atoms. The van der Waals surface area contributed by atoms with Crippen LogP contribution in [-0.2, 0) is 20.9 Å². The quantitative estimate of drug-likeness (QED) is 0.453. The second kappa shape index (κ2) is 7.77. The number of hydrogen-bond acceptors (Lipinski definition) is 6. The molecule has 0 N–H and O–H groups in total. The number of aromatic nitrogens is 1. The largest absolute Gasteiger partial charge is 0.468 e. The molecule has 9 heteroatoms. The van der Waals surface area contributed by atoms with Crippen molar-refractivity contribution in [2.45, 2.75) is 38.6 Å². The predicted octanol–water partition coefficient (Wildman–Crippen LogP) is 2.79. The number of hydrogen-bond donors (Lipinski definition) is 0. The molecule has 1 saturated carbocycles. The van der Waals surface area contributed by atoms with E-state index in [1.165, 1.54) is 19.2 Å². The summed E-state index contributed by atoms with van der Waals surface area (Å²) in [6, 6.07) is 4.36. The highest BCUT2D eigenvalue weighted by atomic mass is 32.1. The Morgan fingerprint density at radius 1 is 1.38 bits per heavy atom. The molecule has 1 aliphatic rings. The first-order valence-corrected chi connectivity index (χ1v) is 9.21. The smallest absolute Gasteiger partial charge is 0.325 e. The topological polar surface area (TPSA) is 104 Å². The normalized spacial score (nSPS) is 15.5. The van der Waals surface area contributed by atoms with Crippen LogP contribution in [0.2, 0.25) is 0 Å². The molecule has 1 aliphatic carbocycles. The molecular weight excluding hydrogens is 358 g/mol. The van der Waals surface area contributed by atoms with Crippen LogP contribution in [0.25, 0.3) is 10.2 Å². The third-order valence-electron chi connectivity index (χ3n) is 4.55. The number of non-ortho nitro benzene ring substituents is 1. The number of carbonyl (C=O) groups excluding carboxylic acids is 2. The van der Waals surface area contributed by atoms with Crippen molar-refractivity contribution in [2.24, 2.45) is 10.9 Å². The van der Waals surface area contributed by atoms with E-state index in [0.29, 0.717) is 27.4 Å². The van der Waals surface area contributed by atoms with Gasteiger partial charge in [-0.25, -0.2) is 0 Å². The fraction of sp³-hybridized carbons (Fsp3) is 0.471. The lowest BCUT2D eigenvalue weighted by Gasteiger charge is -2.05. The Hall–Kier alpha value is -2.55. The van der Waals surface area contributed by atoms with Crippen LogP contribution in [0, 0.1) is 16.0 Å². The third kappa shape index (κ3) is 3.98. The first-order chi connectivity index (χ1) is 12.5. The summed E-state index contributed by atoms with van der Waals surface area (Å²) in [5.41, 5.74) is 0.561. The van der Waals surface area contributed by atoms with Crippen LogP contribution in [-0.4, -0.2) is 28.5 Å². The van der Waals surface area contributed by atoms with Crippen LogP contribution in [0.5, 0.6) is 0 Å². The number of methoxy groups -OCH3 is 1. The fourth-order valence-electron chi connectivity index (χ4n) is 3.22. The number of nitro groups is 1. The average molecular weight is 377 g/mol. The minimum Gasteiger partial charge on any atom is -0.468 e. The van der Waals surface area contributed by atoms with E-state index in [-0.39, 0.29) is 18.1 Å². The monoisotopic (exact) mass is 377 g/mol. The number of nitrogens with zero attached hydrogens (tertiary/aromatic N) is 3. The lowest BCUT2D eigenvalue weighted by Crippen LogP contribution is -2.22. The van der Waals surface area contributed by atoms with Gasteiger partial charge in [-0.15, -0.1) is 0 Å². The molecule has 0 radical (unpaired) electrons. The highest BCUT2D eigenvalue weighted by Crippen LogP contribution is 2.28. The predicted molar refractivity (Wildman–Crippen MR) is 95.6 cm³/mol. The van der Waals surface area contributed by atoms with Crippen molar-refractivity contribution in [3.05, 3.63) is 33.1 Å². The maximum atomic E-state index is 12.3. The van der Waals surface area contributed by atoms with Gasteiger partial charge in [0.05, 0.1) is 22.2 Å². The van der Waals surface area contributed by atoms with Gasteiger partial charge in [-0.05, 0) is 24.8 Å². The van der Waals surface area contributed by atoms with Crippen molar-refractivity contribution in [1.82, 2.24) is 4.57 Å². The van der Waals surface area contributed by atoms with E-state index in [1.54, 1.807) is 10.6 Å². The standard InChI is InChI=1S/C17H19N3O5S/c1-25-16(22)10-19-13-7-6-12(20(23)24)9-14(13)26-17(19)18-15(21)8-11-4-2-3-5-11/h6-7,9,11H,2-5,8,10H2,1H3. The van der Waals surface area contributed by atoms with E-state index in [2.05, 4.69) is 4.99 Å². The molecule has 3 rings (SSSR count). The molecule has 26 heavy (non-hydrogen) atoms. The van der Waals surface area contributed by atoms with Gasteiger partial charge in [0.15, 0.2) is 4.80 Å². The molecule has 0 aliphatic heterocycles. The summed E-state index contributed by atoms with van der Waals surface area (Å²) in [5, 5.41) is 11.0. The van der Waals surface area contributed by atoms with Crippen molar-refractivity contribution in [3.8, 4) is 0 Å². The van der Waals surface area contributed by atoms with Gasteiger partial charge < -0.3 is 9.30 Å². The SMILES string of the molecule is COC(=O)Cn1c(=NC(=O)CC2CCCC2)sc2cc([N+](=O)[O-])ccc21. The van der Waals surface area contributed by atoms with Crippen LogP contribution in [0.15, 0.2) is 23.2 Å².